The van der Waals surface area contributed by atoms with Crippen molar-refractivity contribution in [1.82, 2.24) is 0 Å². The summed E-state index contributed by atoms with van der Waals surface area (Å²) in [5, 5.41) is 4.40. The first-order valence-electron chi connectivity index (χ1n) is 4.52. The SMILES string of the molecule is CCC(C)S/C(=N\N)SC(C)(C)C. The van der Waals surface area contributed by atoms with Crippen LogP contribution in [0.3, 0.4) is 0 Å². The van der Waals surface area contributed by atoms with Crippen LogP contribution in [-0.4, -0.2) is 14.4 Å². The summed E-state index contributed by atoms with van der Waals surface area (Å²) < 4.78 is 1.18. The van der Waals surface area contributed by atoms with Crippen LogP contribution in [0.2, 0.25) is 0 Å². The summed E-state index contributed by atoms with van der Waals surface area (Å²) in [4.78, 5) is 0. The molecule has 0 spiro atoms. The van der Waals surface area contributed by atoms with Crippen LogP contribution in [0, 0.1) is 0 Å². The van der Waals surface area contributed by atoms with Gasteiger partial charge in [0.15, 0.2) is 0 Å². The number of nitrogens with two attached hydrogens (primary N) is 1. The highest BCUT2D eigenvalue weighted by atomic mass is 32.2. The fourth-order valence-corrected chi connectivity index (χ4v) is 3.18. The lowest BCUT2D eigenvalue weighted by Gasteiger charge is -2.19. The molecule has 4 heteroatoms. The maximum absolute atomic E-state index is 5.33. The highest BCUT2D eigenvalue weighted by molar-refractivity contribution is 8.39. The molecule has 1 atom stereocenters. The average molecular weight is 220 g/mol. The van der Waals surface area contributed by atoms with E-state index in [4.69, 9.17) is 5.84 Å². The van der Waals surface area contributed by atoms with Gasteiger partial charge in [-0.05, 0) is 6.42 Å². The van der Waals surface area contributed by atoms with Gasteiger partial charge in [-0.15, -0.1) is 0 Å². The Bertz CT molecular complexity index is 173. The van der Waals surface area contributed by atoms with Gasteiger partial charge < -0.3 is 5.84 Å². The quantitative estimate of drug-likeness (QED) is 0.336. The van der Waals surface area contributed by atoms with E-state index in [1.54, 1.807) is 23.5 Å². The Labute approximate surface area is 90.1 Å². The summed E-state index contributed by atoms with van der Waals surface area (Å²) in [6, 6.07) is 0. The van der Waals surface area contributed by atoms with Crippen molar-refractivity contribution in [1.29, 1.82) is 0 Å². The molecule has 1 unspecified atom stereocenters. The van der Waals surface area contributed by atoms with Crippen LogP contribution < -0.4 is 5.84 Å². The standard InChI is InChI=1S/C9H20N2S2/c1-6-7(2)12-8(11-10)13-9(3,4)5/h7H,6,10H2,1-5H3/b11-8+. The molecule has 0 aliphatic heterocycles. The van der Waals surface area contributed by atoms with Gasteiger partial charge >= 0.3 is 0 Å². The fourth-order valence-electron chi connectivity index (χ4n) is 0.598. The Morgan fingerprint density at radius 2 is 2.00 bits per heavy atom. The van der Waals surface area contributed by atoms with Gasteiger partial charge in [-0.2, -0.15) is 5.10 Å². The predicted octanol–water partition coefficient (Wildman–Crippen LogP) is 3.28. The molecular weight excluding hydrogens is 200 g/mol. The lowest BCUT2D eigenvalue weighted by molar-refractivity contribution is 0.809. The van der Waals surface area contributed by atoms with E-state index >= 15 is 0 Å². The second-order valence-electron chi connectivity index (χ2n) is 3.95. The summed E-state index contributed by atoms with van der Waals surface area (Å²) >= 11 is 3.49. The Kier molecular flexibility index (Phi) is 5.88. The number of nitrogens with zero attached hydrogens (tertiary/aromatic N) is 1. The molecule has 0 saturated carbocycles. The van der Waals surface area contributed by atoms with Crippen molar-refractivity contribution in [2.24, 2.45) is 10.9 Å². The summed E-state index contributed by atoms with van der Waals surface area (Å²) in [5.74, 6) is 5.33. The largest absolute Gasteiger partial charge is 0.322 e. The second kappa shape index (κ2) is 5.81. The normalized spacial score (nSPS) is 15.9. The number of hydrogen-bond donors (Lipinski definition) is 1. The van der Waals surface area contributed by atoms with Crippen molar-refractivity contribution in [2.75, 3.05) is 0 Å². The molecule has 0 aromatic rings. The first-order chi connectivity index (χ1) is 5.89. The van der Waals surface area contributed by atoms with Gasteiger partial charge in [0, 0.05) is 10.00 Å². The maximum atomic E-state index is 5.33. The molecule has 0 fully saturated rings. The highest BCUT2D eigenvalue weighted by Crippen LogP contribution is 2.32. The van der Waals surface area contributed by atoms with Crippen molar-refractivity contribution in [3.63, 3.8) is 0 Å². The zero-order chi connectivity index (χ0) is 10.5. The van der Waals surface area contributed by atoms with Crippen molar-refractivity contribution in [3.05, 3.63) is 0 Å². The van der Waals surface area contributed by atoms with Crippen molar-refractivity contribution in [3.8, 4) is 0 Å². The molecule has 13 heavy (non-hydrogen) atoms. The molecule has 0 aromatic heterocycles. The average Bonchev–Trinajstić information content (AvgIpc) is 2.00. The van der Waals surface area contributed by atoms with E-state index in [0.29, 0.717) is 5.25 Å². The lowest BCUT2D eigenvalue weighted by atomic mass is 10.3. The molecule has 0 radical (unpaired) electrons. The maximum Gasteiger partial charge on any atom is 0.150 e. The molecule has 0 rings (SSSR count). The Morgan fingerprint density at radius 3 is 2.31 bits per heavy atom. The first kappa shape index (κ1) is 13.2. The predicted molar refractivity (Wildman–Crippen MR) is 66.3 cm³/mol. The fraction of sp³-hybridized carbons (Fsp3) is 0.889. The summed E-state index contributed by atoms with van der Waals surface area (Å²) in [5.41, 5.74) is 0. The van der Waals surface area contributed by atoms with Crippen LogP contribution in [-0.2, 0) is 0 Å². The van der Waals surface area contributed by atoms with Crippen molar-refractivity contribution < 1.29 is 0 Å². The van der Waals surface area contributed by atoms with Gasteiger partial charge in [-0.25, -0.2) is 0 Å². The molecule has 0 saturated heterocycles. The van der Waals surface area contributed by atoms with Gasteiger partial charge in [0.25, 0.3) is 0 Å². The molecular formula is C9H20N2S2. The van der Waals surface area contributed by atoms with Crippen LogP contribution in [0.15, 0.2) is 5.10 Å². The van der Waals surface area contributed by atoms with Gasteiger partial charge in [-0.1, -0.05) is 58.1 Å². The first-order valence-corrected chi connectivity index (χ1v) is 6.22. The molecule has 0 aromatic carbocycles. The van der Waals surface area contributed by atoms with E-state index in [2.05, 4.69) is 39.7 Å². The molecule has 78 valence electrons. The van der Waals surface area contributed by atoms with Crippen molar-refractivity contribution >= 4 is 27.9 Å². The molecule has 2 N–H and O–H groups in total. The summed E-state index contributed by atoms with van der Waals surface area (Å²) in [7, 11) is 0. The Hall–Kier alpha value is 0.170. The van der Waals surface area contributed by atoms with E-state index in [0.717, 1.165) is 10.8 Å². The van der Waals surface area contributed by atoms with Gasteiger partial charge in [0.05, 0.1) is 0 Å². The van der Waals surface area contributed by atoms with Gasteiger partial charge in [0.1, 0.15) is 4.38 Å². The summed E-state index contributed by atoms with van der Waals surface area (Å²) in [6.45, 7) is 10.9. The molecule has 0 aliphatic carbocycles. The monoisotopic (exact) mass is 220 g/mol. The second-order valence-corrected chi connectivity index (χ2v) is 7.45. The molecule has 0 amide bonds. The van der Waals surface area contributed by atoms with Crippen LogP contribution >= 0.6 is 23.5 Å². The molecule has 0 heterocycles. The smallest absolute Gasteiger partial charge is 0.150 e. The topological polar surface area (TPSA) is 38.4 Å². The van der Waals surface area contributed by atoms with Gasteiger partial charge in [0.2, 0.25) is 0 Å². The van der Waals surface area contributed by atoms with E-state index in [1.807, 2.05) is 0 Å². The third kappa shape index (κ3) is 7.26. The number of hydrogen-bond acceptors (Lipinski definition) is 4. The Morgan fingerprint density at radius 1 is 1.46 bits per heavy atom. The van der Waals surface area contributed by atoms with E-state index < -0.39 is 0 Å². The van der Waals surface area contributed by atoms with Crippen LogP contribution in [0.5, 0.6) is 0 Å². The third-order valence-electron chi connectivity index (χ3n) is 1.38. The molecule has 0 bridgehead atoms. The number of hydrazone groups is 1. The minimum Gasteiger partial charge on any atom is -0.322 e. The van der Waals surface area contributed by atoms with E-state index in [9.17, 15) is 0 Å². The Balaban J connectivity index is 4.07. The minimum absolute atomic E-state index is 0.193. The zero-order valence-corrected chi connectivity index (χ0v) is 10.8. The number of thioether (sulfide) groups is 2. The molecule has 2 nitrogen and oxygen atoms in total. The van der Waals surface area contributed by atoms with E-state index in [1.165, 1.54) is 0 Å². The lowest BCUT2D eigenvalue weighted by Crippen LogP contribution is -2.12. The van der Waals surface area contributed by atoms with Crippen LogP contribution in [0.1, 0.15) is 41.0 Å². The van der Waals surface area contributed by atoms with Crippen molar-refractivity contribution in [2.45, 2.75) is 51.0 Å². The molecule has 0 aliphatic rings. The zero-order valence-electron chi connectivity index (χ0n) is 9.13. The third-order valence-corrected chi connectivity index (χ3v) is 3.85. The number of rotatable bonds is 2. The van der Waals surface area contributed by atoms with Gasteiger partial charge in [-0.3, -0.25) is 0 Å². The van der Waals surface area contributed by atoms with E-state index in [-0.39, 0.29) is 4.75 Å². The van der Waals surface area contributed by atoms with Crippen LogP contribution in [0.4, 0.5) is 0 Å². The summed E-state index contributed by atoms with van der Waals surface area (Å²) in [6.07, 6.45) is 1.15. The minimum atomic E-state index is 0.193. The van der Waals surface area contributed by atoms with Crippen LogP contribution in [0.25, 0.3) is 0 Å². The highest BCUT2D eigenvalue weighted by Gasteiger charge is 2.17.